The Balaban J connectivity index is 1.24. The summed E-state index contributed by atoms with van der Waals surface area (Å²) in [6.45, 7) is 0.252. The molecule has 3 heterocycles. The minimum absolute atomic E-state index is 0.252. The van der Waals surface area contributed by atoms with Crippen LogP contribution in [-0.4, -0.2) is 34.7 Å². The van der Waals surface area contributed by atoms with E-state index < -0.39 is 0 Å². The average molecular weight is 561 g/mol. The number of anilines is 1. The van der Waals surface area contributed by atoms with Crippen molar-refractivity contribution in [2.75, 3.05) is 19.5 Å². The molecule has 196 valence electrons. The molecule has 0 saturated carbocycles. The summed E-state index contributed by atoms with van der Waals surface area (Å²) in [5, 5.41) is 8.90. The van der Waals surface area contributed by atoms with E-state index in [0.717, 1.165) is 10.9 Å². The molecule has 0 atom stereocenters. The highest BCUT2D eigenvalue weighted by molar-refractivity contribution is 7.18. The quantitative estimate of drug-likeness (QED) is 0.221. The number of carbonyl (C=O) groups is 1. The van der Waals surface area contributed by atoms with E-state index in [4.69, 9.17) is 30.2 Å². The largest absolute Gasteiger partial charge is 0.496 e. The van der Waals surface area contributed by atoms with Gasteiger partial charge in [-0.15, -0.1) is 5.10 Å². The van der Waals surface area contributed by atoms with E-state index in [1.165, 1.54) is 11.3 Å². The van der Waals surface area contributed by atoms with E-state index in [9.17, 15) is 4.79 Å². The van der Waals surface area contributed by atoms with Gasteiger partial charge in [-0.1, -0.05) is 35.9 Å². The zero-order valence-corrected chi connectivity index (χ0v) is 22.4. The fourth-order valence-electron chi connectivity index (χ4n) is 4.07. The van der Waals surface area contributed by atoms with Crippen LogP contribution in [0.15, 0.2) is 77.3 Å². The number of nitrogens with zero attached hydrogens (tertiary/aromatic N) is 3. The standard InChI is InChI=1S/C28H21ClN4O5S/c1-35-18-11-23(20-13-25(38-24(20)12-18)22-14-33-27(31-22)39-28(32-33)36-2)37-15-16-6-5-7-17(10-16)30-26(34)19-8-3-4-9-21(19)29/h3-14H,15H2,1-2H3,(H,30,34). The maximum absolute atomic E-state index is 12.7. The Bertz CT molecular complexity index is 1790. The molecule has 0 fully saturated rings. The topological polar surface area (TPSA) is 100 Å². The molecule has 1 amide bonds. The van der Waals surface area contributed by atoms with Crippen molar-refractivity contribution in [1.29, 1.82) is 0 Å². The molecule has 9 nitrogen and oxygen atoms in total. The van der Waals surface area contributed by atoms with E-state index in [2.05, 4.69) is 15.4 Å². The number of imidazole rings is 1. The Labute approximate surface area is 231 Å². The van der Waals surface area contributed by atoms with Crippen molar-refractivity contribution >= 4 is 50.5 Å². The first-order chi connectivity index (χ1) is 19.0. The Morgan fingerprint density at radius 1 is 1.08 bits per heavy atom. The smallest absolute Gasteiger partial charge is 0.294 e. The molecule has 0 spiro atoms. The van der Waals surface area contributed by atoms with Gasteiger partial charge in [0.1, 0.15) is 29.4 Å². The normalized spacial score (nSPS) is 11.2. The van der Waals surface area contributed by atoms with Gasteiger partial charge in [0.2, 0.25) is 4.96 Å². The molecule has 6 aromatic rings. The highest BCUT2D eigenvalue weighted by atomic mass is 35.5. The van der Waals surface area contributed by atoms with Gasteiger partial charge in [0.15, 0.2) is 5.76 Å². The molecule has 0 bridgehead atoms. The number of amides is 1. The van der Waals surface area contributed by atoms with E-state index in [1.54, 1.807) is 55.3 Å². The van der Waals surface area contributed by atoms with Gasteiger partial charge in [0.25, 0.3) is 11.1 Å². The zero-order chi connectivity index (χ0) is 26.9. The lowest BCUT2D eigenvalue weighted by Gasteiger charge is -2.11. The van der Waals surface area contributed by atoms with Crippen LogP contribution < -0.4 is 19.5 Å². The summed E-state index contributed by atoms with van der Waals surface area (Å²) in [7, 11) is 3.16. The number of benzene rings is 3. The van der Waals surface area contributed by atoms with E-state index in [1.807, 2.05) is 36.4 Å². The first-order valence-electron chi connectivity index (χ1n) is 11.8. The lowest BCUT2D eigenvalue weighted by Crippen LogP contribution is -2.12. The highest BCUT2D eigenvalue weighted by Crippen LogP contribution is 2.37. The Hall–Kier alpha value is -4.54. The second-order valence-corrected chi connectivity index (χ2v) is 9.82. The van der Waals surface area contributed by atoms with E-state index >= 15 is 0 Å². The number of nitrogens with one attached hydrogen (secondary N) is 1. The predicted molar refractivity (Wildman–Crippen MR) is 149 cm³/mol. The maximum atomic E-state index is 12.7. The van der Waals surface area contributed by atoms with Gasteiger partial charge < -0.3 is 23.9 Å². The molecule has 39 heavy (non-hydrogen) atoms. The van der Waals surface area contributed by atoms with Crippen molar-refractivity contribution in [3.8, 4) is 28.1 Å². The SMILES string of the molecule is COc1cc(OCc2cccc(NC(=O)c3ccccc3Cl)c2)c2cc(-c3cn4nc(OC)sc4n3)oc2c1. The Kier molecular flexibility index (Phi) is 6.55. The number of aromatic nitrogens is 3. The molecule has 0 aliphatic carbocycles. The molecule has 0 aliphatic rings. The first-order valence-corrected chi connectivity index (χ1v) is 13.0. The molecule has 11 heteroatoms. The summed E-state index contributed by atoms with van der Waals surface area (Å²) in [6, 6.07) is 19.8. The lowest BCUT2D eigenvalue weighted by molar-refractivity contribution is 0.102. The van der Waals surface area contributed by atoms with Crippen LogP contribution in [0, 0.1) is 0 Å². The number of halogens is 1. The van der Waals surface area contributed by atoms with Gasteiger partial charge in [0, 0.05) is 17.8 Å². The average Bonchev–Trinajstić information content (AvgIpc) is 3.65. The third kappa shape index (κ3) is 4.99. The number of hydrogen-bond donors (Lipinski definition) is 1. The maximum Gasteiger partial charge on any atom is 0.294 e. The number of rotatable bonds is 8. The van der Waals surface area contributed by atoms with Crippen LogP contribution in [0.2, 0.25) is 5.02 Å². The molecule has 0 saturated heterocycles. The molecule has 3 aromatic carbocycles. The first kappa shape index (κ1) is 24.8. The molecular weight excluding hydrogens is 540 g/mol. The van der Waals surface area contributed by atoms with Gasteiger partial charge in [-0.05, 0) is 47.2 Å². The summed E-state index contributed by atoms with van der Waals surface area (Å²) in [4.78, 5) is 18.0. The number of ether oxygens (including phenoxy) is 3. The molecule has 3 aromatic heterocycles. The van der Waals surface area contributed by atoms with Crippen molar-refractivity contribution in [2.24, 2.45) is 0 Å². The second kappa shape index (κ2) is 10.3. The Morgan fingerprint density at radius 2 is 1.95 bits per heavy atom. The lowest BCUT2D eigenvalue weighted by atomic mass is 10.1. The molecule has 6 rings (SSSR count). The van der Waals surface area contributed by atoms with Crippen LogP contribution in [0.1, 0.15) is 15.9 Å². The van der Waals surface area contributed by atoms with Crippen LogP contribution in [0.25, 0.3) is 27.4 Å². The van der Waals surface area contributed by atoms with Gasteiger partial charge >= 0.3 is 0 Å². The van der Waals surface area contributed by atoms with Crippen LogP contribution >= 0.6 is 22.9 Å². The molecule has 0 aliphatic heterocycles. The van der Waals surface area contributed by atoms with E-state index in [-0.39, 0.29) is 12.5 Å². The summed E-state index contributed by atoms with van der Waals surface area (Å²) < 4.78 is 24.6. The monoisotopic (exact) mass is 560 g/mol. The van der Waals surface area contributed by atoms with Gasteiger partial charge in [-0.2, -0.15) is 0 Å². The molecular formula is C28H21ClN4O5S. The third-order valence-corrected chi connectivity index (χ3v) is 7.17. The minimum Gasteiger partial charge on any atom is -0.496 e. The zero-order valence-electron chi connectivity index (χ0n) is 20.8. The molecule has 0 radical (unpaired) electrons. The third-order valence-electron chi connectivity index (χ3n) is 5.96. The summed E-state index contributed by atoms with van der Waals surface area (Å²) in [5.41, 5.74) is 3.14. The van der Waals surface area contributed by atoms with Crippen LogP contribution in [0.3, 0.4) is 0 Å². The number of fused-ring (bicyclic) bond motifs is 2. The van der Waals surface area contributed by atoms with Crippen molar-refractivity contribution in [1.82, 2.24) is 14.6 Å². The number of hydrogen-bond acceptors (Lipinski definition) is 8. The summed E-state index contributed by atoms with van der Waals surface area (Å²) in [5.74, 6) is 1.47. The number of furan rings is 1. The Morgan fingerprint density at radius 3 is 2.74 bits per heavy atom. The van der Waals surface area contributed by atoms with Crippen LogP contribution in [0.4, 0.5) is 5.69 Å². The summed E-state index contributed by atoms with van der Waals surface area (Å²) in [6.07, 6.45) is 1.78. The van der Waals surface area contributed by atoms with Crippen LogP contribution in [-0.2, 0) is 6.61 Å². The van der Waals surface area contributed by atoms with Crippen molar-refractivity contribution in [2.45, 2.75) is 6.61 Å². The fraction of sp³-hybridized carbons (Fsp3) is 0.107. The number of carbonyl (C=O) groups excluding carboxylic acids is 1. The predicted octanol–water partition coefficient (Wildman–Crippen LogP) is 6.71. The fourth-order valence-corrected chi connectivity index (χ4v) is 4.99. The van der Waals surface area contributed by atoms with Gasteiger partial charge in [-0.25, -0.2) is 9.50 Å². The molecule has 0 unspecified atom stereocenters. The summed E-state index contributed by atoms with van der Waals surface area (Å²) >= 11 is 7.50. The van der Waals surface area contributed by atoms with E-state index in [0.29, 0.717) is 55.0 Å². The highest BCUT2D eigenvalue weighted by Gasteiger charge is 2.17. The van der Waals surface area contributed by atoms with Gasteiger partial charge in [0.05, 0.1) is 36.4 Å². The minimum atomic E-state index is -0.285. The second-order valence-electron chi connectivity index (χ2n) is 8.50. The number of methoxy groups -OCH3 is 2. The van der Waals surface area contributed by atoms with Gasteiger partial charge in [-0.3, -0.25) is 4.79 Å². The van der Waals surface area contributed by atoms with Crippen molar-refractivity contribution < 1.29 is 23.4 Å². The molecule has 1 N–H and O–H groups in total. The van der Waals surface area contributed by atoms with Crippen molar-refractivity contribution in [3.05, 3.63) is 89.1 Å². The van der Waals surface area contributed by atoms with Crippen LogP contribution in [0.5, 0.6) is 16.7 Å². The van der Waals surface area contributed by atoms with Crippen molar-refractivity contribution in [3.63, 3.8) is 0 Å².